The number of ether oxygens (including phenoxy) is 1. The lowest BCUT2D eigenvalue weighted by molar-refractivity contribution is 0.0482. The van der Waals surface area contributed by atoms with Gasteiger partial charge in [0, 0.05) is 12.2 Å². The van der Waals surface area contributed by atoms with Crippen molar-refractivity contribution in [3.8, 4) is 0 Å². The lowest BCUT2D eigenvalue weighted by Crippen LogP contribution is -2.42. The number of halogens is 2. The van der Waals surface area contributed by atoms with Crippen LogP contribution in [0.2, 0.25) is 0 Å². The molecule has 2 aromatic heterocycles. The predicted octanol–water partition coefficient (Wildman–Crippen LogP) is 5.43. The zero-order valence-corrected chi connectivity index (χ0v) is 20.2. The summed E-state index contributed by atoms with van der Waals surface area (Å²) in [6, 6.07) is 4.36. The van der Waals surface area contributed by atoms with Gasteiger partial charge in [0.05, 0.1) is 11.9 Å². The molecule has 2 amide bonds. The molecule has 0 aliphatic heterocycles. The topological polar surface area (TPSA) is 93.2 Å². The van der Waals surface area contributed by atoms with Crippen molar-refractivity contribution in [2.45, 2.75) is 64.5 Å². The van der Waals surface area contributed by atoms with Crippen molar-refractivity contribution in [1.29, 1.82) is 0 Å². The van der Waals surface area contributed by atoms with E-state index in [-0.39, 0.29) is 22.3 Å². The Labute approximate surface area is 195 Å². The van der Waals surface area contributed by atoms with Crippen molar-refractivity contribution in [3.05, 3.63) is 52.3 Å². The fraction of sp³-hybridized carbons (Fsp3) is 0.478. The summed E-state index contributed by atoms with van der Waals surface area (Å²) in [7, 11) is 0. The largest absolute Gasteiger partial charge is 0.444 e. The van der Waals surface area contributed by atoms with Gasteiger partial charge in [-0.1, -0.05) is 6.92 Å². The summed E-state index contributed by atoms with van der Waals surface area (Å²) < 4.78 is 18.8. The van der Waals surface area contributed by atoms with Crippen molar-refractivity contribution in [2.75, 3.05) is 5.32 Å². The first-order chi connectivity index (χ1) is 15.0. The Bertz CT molecular complexity index is 995. The molecule has 172 valence electrons. The van der Waals surface area contributed by atoms with Gasteiger partial charge in [0.15, 0.2) is 5.82 Å². The number of aromatic nitrogens is 2. The smallest absolute Gasteiger partial charge is 0.407 e. The molecule has 9 heteroatoms. The highest BCUT2D eigenvalue weighted by molar-refractivity contribution is 9.10. The second-order valence-electron chi connectivity index (χ2n) is 9.24. The first-order valence-electron chi connectivity index (χ1n) is 10.6. The lowest BCUT2D eigenvalue weighted by atomic mass is 9.76. The molecule has 1 aliphatic rings. The van der Waals surface area contributed by atoms with Gasteiger partial charge in [0.1, 0.15) is 15.9 Å². The van der Waals surface area contributed by atoms with Crippen molar-refractivity contribution >= 4 is 33.6 Å². The zero-order valence-electron chi connectivity index (χ0n) is 18.6. The number of anilines is 1. The van der Waals surface area contributed by atoms with E-state index in [2.05, 4.69) is 43.5 Å². The number of nitrogens with one attached hydrogen (secondary N) is 2. The minimum Gasteiger partial charge on any atom is -0.444 e. The monoisotopic (exact) mass is 506 g/mol. The van der Waals surface area contributed by atoms with Crippen molar-refractivity contribution in [2.24, 2.45) is 5.92 Å². The van der Waals surface area contributed by atoms with Gasteiger partial charge in [-0.2, -0.15) is 0 Å². The fourth-order valence-corrected chi connectivity index (χ4v) is 4.37. The predicted molar refractivity (Wildman–Crippen MR) is 123 cm³/mol. The highest BCUT2D eigenvalue weighted by atomic mass is 79.9. The maximum atomic E-state index is 13.5. The molecule has 2 unspecified atom stereocenters. The summed E-state index contributed by atoms with van der Waals surface area (Å²) in [4.78, 5) is 33.1. The molecule has 32 heavy (non-hydrogen) atoms. The van der Waals surface area contributed by atoms with Crippen LogP contribution < -0.4 is 10.6 Å². The van der Waals surface area contributed by atoms with Gasteiger partial charge in [-0.3, -0.25) is 9.78 Å². The summed E-state index contributed by atoms with van der Waals surface area (Å²) in [5.41, 5.74) is 1.05. The molecule has 0 aromatic carbocycles. The summed E-state index contributed by atoms with van der Waals surface area (Å²) in [5, 5.41) is 5.84. The minimum atomic E-state index is -0.560. The molecule has 1 saturated carbocycles. The Morgan fingerprint density at radius 1 is 1.19 bits per heavy atom. The van der Waals surface area contributed by atoms with Crippen molar-refractivity contribution in [1.82, 2.24) is 15.3 Å². The van der Waals surface area contributed by atoms with E-state index in [0.29, 0.717) is 11.6 Å². The second-order valence-corrected chi connectivity index (χ2v) is 9.99. The Morgan fingerprint density at radius 3 is 2.62 bits per heavy atom. The van der Waals surface area contributed by atoms with Crippen LogP contribution in [-0.2, 0) is 4.74 Å². The summed E-state index contributed by atoms with van der Waals surface area (Å²) in [6.07, 6.45) is 5.35. The molecule has 1 aliphatic carbocycles. The van der Waals surface area contributed by atoms with Gasteiger partial charge in [0.2, 0.25) is 0 Å². The molecule has 0 saturated heterocycles. The summed E-state index contributed by atoms with van der Waals surface area (Å²) in [5.74, 6) is -0.499. The number of alkyl carbamates (subject to hydrolysis) is 1. The lowest BCUT2D eigenvalue weighted by Gasteiger charge is -2.35. The molecule has 2 heterocycles. The Balaban J connectivity index is 1.75. The number of rotatable bonds is 4. The summed E-state index contributed by atoms with van der Waals surface area (Å²) in [6.45, 7) is 7.65. The van der Waals surface area contributed by atoms with Crippen LogP contribution in [0.3, 0.4) is 0 Å². The second kappa shape index (κ2) is 9.94. The Kier molecular flexibility index (Phi) is 7.48. The average Bonchev–Trinajstić information content (AvgIpc) is 2.68. The fourth-order valence-electron chi connectivity index (χ4n) is 4.05. The van der Waals surface area contributed by atoms with Crippen LogP contribution in [0.5, 0.6) is 0 Å². The molecule has 3 rings (SSSR count). The average molecular weight is 507 g/mol. The zero-order chi connectivity index (χ0) is 23.5. The summed E-state index contributed by atoms with van der Waals surface area (Å²) >= 11 is 3.00. The number of hydrogen-bond acceptors (Lipinski definition) is 5. The van der Waals surface area contributed by atoms with E-state index in [4.69, 9.17) is 4.74 Å². The van der Waals surface area contributed by atoms with Crippen LogP contribution in [0, 0.1) is 11.7 Å². The van der Waals surface area contributed by atoms with Crippen LogP contribution in [0.15, 0.2) is 35.2 Å². The number of pyridine rings is 2. The SMILES string of the molecule is C[C@@H]1CC(NC(=O)OC(C)(C)C)CC(c2ccncc2NC(=O)c2ccc(F)c(Br)n2)C1. The molecule has 0 spiro atoms. The van der Waals surface area contributed by atoms with E-state index >= 15 is 0 Å². The van der Waals surface area contributed by atoms with E-state index in [1.165, 1.54) is 12.1 Å². The Hall–Kier alpha value is -2.55. The molecular formula is C23H28BrFN4O3. The number of carbonyl (C=O) groups excluding carboxylic acids is 2. The Morgan fingerprint density at radius 2 is 1.94 bits per heavy atom. The molecule has 2 N–H and O–H groups in total. The highest BCUT2D eigenvalue weighted by Gasteiger charge is 2.31. The van der Waals surface area contributed by atoms with E-state index in [9.17, 15) is 14.0 Å². The van der Waals surface area contributed by atoms with Gasteiger partial charge in [-0.05, 0) is 91.6 Å². The van der Waals surface area contributed by atoms with Crippen LogP contribution in [0.4, 0.5) is 14.9 Å². The highest BCUT2D eigenvalue weighted by Crippen LogP contribution is 2.39. The van der Waals surface area contributed by atoms with E-state index < -0.39 is 23.4 Å². The maximum absolute atomic E-state index is 13.5. The van der Waals surface area contributed by atoms with Crippen LogP contribution in [-0.4, -0.2) is 33.6 Å². The van der Waals surface area contributed by atoms with Crippen LogP contribution >= 0.6 is 15.9 Å². The van der Waals surface area contributed by atoms with Crippen LogP contribution in [0.1, 0.15) is 68.9 Å². The number of amides is 2. The normalized spacial score (nSPS) is 21.0. The molecule has 1 fully saturated rings. The van der Waals surface area contributed by atoms with Gasteiger partial charge < -0.3 is 15.4 Å². The maximum Gasteiger partial charge on any atom is 0.407 e. The van der Waals surface area contributed by atoms with Gasteiger partial charge in [-0.15, -0.1) is 0 Å². The van der Waals surface area contributed by atoms with Gasteiger partial charge in [-0.25, -0.2) is 14.2 Å². The first-order valence-corrected chi connectivity index (χ1v) is 11.4. The molecule has 3 atom stereocenters. The number of nitrogens with zero attached hydrogens (tertiary/aromatic N) is 2. The van der Waals surface area contributed by atoms with E-state index in [0.717, 1.165) is 24.8 Å². The third kappa shape index (κ3) is 6.48. The van der Waals surface area contributed by atoms with Crippen molar-refractivity contribution < 1.29 is 18.7 Å². The van der Waals surface area contributed by atoms with Gasteiger partial charge in [0.25, 0.3) is 5.91 Å². The molecule has 7 nitrogen and oxygen atoms in total. The van der Waals surface area contributed by atoms with E-state index in [1.54, 1.807) is 12.4 Å². The van der Waals surface area contributed by atoms with Crippen LogP contribution in [0.25, 0.3) is 0 Å². The molecule has 0 bridgehead atoms. The third-order valence-electron chi connectivity index (χ3n) is 5.24. The third-order valence-corrected chi connectivity index (χ3v) is 5.80. The minimum absolute atomic E-state index is 0.0197. The number of carbonyl (C=O) groups is 2. The van der Waals surface area contributed by atoms with E-state index in [1.807, 2.05) is 26.8 Å². The quantitative estimate of drug-likeness (QED) is 0.539. The van der Waals surface area contributed by atoms with Gasteiger partial charge >= 0.3 is 6.09 Å². The number of hydrogen-bond donors (Lipinski definition) is 2. The molecular weight excluding hydrogens is 479 g/mol. The van der Waals surface area contributed by atoms with Crippen molar-refractivity contribution in [3.63, 3.8) is 0 Å². The molecule has 2 aromatic rings. The first kappa shape index (κ1) is 24.1. The molecule has 0 radical (unpaired) electrons. The standard InChI is InChI=1S/C23H28BrFN4O3/c1-13-9-14(11-15(10-13)27-22(31)32-23(2,3)4)16-7-8-26-12-19(16)29-21(30)18-6-5-17(25)20(24)28-18/h5-8,12-15H,9-11H2,1-4H3,(H,27,31)(H,29,30)/t13-,14?,15?/m0/s1.